The van der Waals surface area contributed by atoms with Gasteiger partial charge in [0.2, 0.25) is 0 Å². The first kappa shape index (κ1) is 26.3. The fourth-order valence-corrected chi connectivity index (χ4v) is 4.59. The third kappa shape index (κ3) is 5.44. The minimum atomic E-state index is -0.395. The van der Waals surface area contributed by atoms with Crippen LogP contribution in [0, 0.1) is 17.0 Å². The molecule has 1 heterocycles. The summed E-state index contributed by atoms with van der Waals surface area (Å²) in [5, 5.41) is 11.5. The van der Waals surface area contributed by atoms with Gasteiger partial charge in [-0.25, -0.2) is 4.79 Å². The van der Waals surface area contributed by atoms with Crippen molar-refractivity contribution in [3.63, 3.8) is 0 Å². The van der Waals surface area contributed by atoms with Crippen LogP contribution >= 0.6 is 0 Å². The van der Waals surface area contributed by atoms with Gasteiger partial charge in [-0.15, -0.1) is 0 Å². The molecule has 7 nitrogen and oxygen atoms in total. The van der Waals surface area contributed by atoms with E-state index >= 15 is 0 Å². The van der Waals surface area contributed by atoms with E-state index in [-0.39, 0.29) is 11.7 Å². The number of hydrogen-bond acceptors (Lipinski definition) is 5. The number of hydrogen-bond donors (Lipinski definition) is 0. The lowest BCUT2D eigenvalue weighted by Gasteiger charge is -2.15. The summed E-state index contributed by atoms with van der Waals surface area (Å²) in [6.45, 7) is 3.79. The van der Waals surface area contributed by atoms with E-state index in [1.54, 1.807) is 44.3 Å². The van der Waals surface area contributed by atoms with E-state index in [2.05, 4.69) is 15.6 Å². The third-order valence-corrected chi connectivity index (χ3v) is 6.53. The monoisotopic (exact) mass is 529 g/mol. The van der Waals surface area contributed by atoms with Crippen LogP contribution in [-0.4, -0.2) is 28.3 Å². The Morgan fingerprint density at radius 2 is 1.55 bits per heavy atom. The fraction of sp³-hybridized carbons (Fsp3) is 0.0909. The number of aromatic nitrogens is 1. The van der Waals surface area contributed by atoms with Crippen molar-refractivity contribution in [2.24, 2.45) is 4.99 Å². The summed E-state index contributed by atoms with van der Waals surface area (Å²) >= 11 is 0. The Labute approximate surface area is 232 Å². The smallest absolute Gasteiger partial charge is 0.338 e. The molecule has 4 aromatic carbocycles. The first-order valence-corrected chi connectivity index (χ1v) is 12.9. The summed E-state index contributed by atoms with van der Waals surface area (Å²) < 4.78 is 7.30. The van der Waals surface area contributed by atoms with E-state index in [0.717, 1.165) is 33.8 Å². The van der Waals surface area contributed by atoms with E-state index < -0.39 is 4.92 Å². The van der Waals surface area contributed by atoms with Gasteiger partial charge in [0.15, 0.2) is 0 Å². The summed E-state index contributed by atoms with van der Waals surface area (Å²) in [7, 11) is 0. The van der Waals surface area contributed by atoms with Crippen molar-refractivity contribution in [3.05, 3.63) is 136 Å². The lowest BCUT2D eigenvalue weighted by Crippen LogP contribution is -2.05. The fourth-order valence-electron chi connectivity index (χ4n) is 4.59. The van der Waals surface area contributed by atoms with Crippen molar-refractivity contribution >= 4 is 23.6 Å². The van der Waals surface area contributed by atoms with Gasteiger partial charge in [0.1, 0.15) is 0 Å². The molecule has 0 spiro atoms. The zero-order chi connectivity index (χ0) is 28.1. The molecule has 0 saturated heterocycles. The number of nitro benzene ring substituents is 1. The number of nitro groups is 1. The van der Waals surface area contributed by atoms with E-state index in [0.29, 0.717) is 23.4 Å². The van der Waals surface area contributed by atoms with Crippen LogP contribution in [0.5, 0.6) is 0 Å². The Morgan fingerprint density at radius 3 is 2.17 bits per heavy atom. The summed E-state index contributed by atoms with van der Waals surface area (Å²) in [5.74, 6) is -0.367. The van der Waals surface area contributed by atoms with Crippen LogP contribution in [0.1, 0.15) is 28.4 Å². The van der Waals surface area contributed by atoms with Crippen LogP contribution in [-0.2, 0) is 4.74 Å². The van der Waals surface area contributed by atoms with Gasteiger partial charge in [-0.05, 0) is 61.4 Å². The second-order valence-electron chi connectivity index (χ2n) is 9.15. The molecular weight excluding hydrogens is 502 g/mol. The average Bonchev–Trinajstić information content (AvgIpc) is 3.37. The van der Waals surface area contributed by atoms with Crippen molar-refractivity contribution in [1.29, 1.82) is 0 Å². The zero-order valence-corrected chi connectivity index (χ0v) is 22.2. The van der Waals surface area contributed by atoms with Gasteiger partial charge in [-0.3, -0.25) is 15.1 Å². The normalized spacial score (nSPS) is 11.1. The van der Waals surface area contributed by atoms with Gasteiger partial charge < -0.3 is 9.30 Å². The molecule has 0 unspecified atom stereocenters. The van der Waals surface area contributed by atoms with Crippen molar-refractivity contribution in [2.75, 3.05) is 6.61 Å². The van der Waals surface area contributed by atoms with Gasteiger partial charge in [0.25, 0.3) is 5.69 Å². The molecular formula is C33H27N3O4. The van der Waals surface area contributed by atoms with E-state index in [4.69, 9.17) is 4.74 Å². The van der Waals surface area contributed by atoms with Crippen LogP contribution in [0.3, 0.4) is 0 Å². The number of rotatable bonds is 8. The summed E-state index contributed by atoms with van der Waals surface area (Å²) in [4.78, 5) is 28.0. The molecule has 0 saturated carbocycles. The van der Waals surface area contributed by atoms with Gasteiger partial charge >= 0.3 is 5.97 Å². The minimum Gasteiger partial charge on any atom is -0.462 e. The maximum absolute atomic E-state index is 12.3. The van der Waals surface area contributed by atoms with E-state index in [9.17, 15) is 14.9 Å². The highest BCUT2D eigenvalue weighted by Gasteiger charge is 2.19. The molecule has 0 fully saturated rings. The van der Waals surface area contributed by atoms with Crippen LogP contribution in [0.15, 0.2) is 114 Å². The van der Waals surface area contributed by atoms with Gasteiger partial charge in [0.05, 0.1) is 34.2 Å². The molecule has 0 atom stereocenters. The first-order chi connectivity index (χ1) is 19.5. The standard InChI is InChI=1S/C33H27N3O4/c1-3-40-33(37)26-15-18-29(19-16-26)35-31(24-10-6-4-7-11-24)20-27(32(35)25-12-8-5-9-13-25)22-34-28-17-14-23(2)30(21-28)36(38)39/h4-22H,3H2,1-2H3. The van der Waals surface area contributed by atoms with Crippen LogP contribution in [0.4, 0.5) is 11.4 Å². The Bertz CT molecular complexity index is 1690. The molecule has 0 radical (unpaired) electrons. The van der Waals surface area contributed by atoms with Crippen molar-refractivity contribution < 1.29 is 14.5 Å². The predicted octanol–water partition coefficient (Wildman–Crippen LogP) is 7.96. The SMILES string of the molecule is CCOC(=O)c1ccc(-n2c(-c3ccccc3)cc(C=Nc3ccc(C)c([N+](=O)[O-])c3)c2-c2ccccc2)cc1. The largest absolute Gasteiger partial charge is 0.462 e. The number of carbonyl (C=O) groups is 1. The number of nitrogens with zero attached hydrogens (tertiary/aromatic N) is 3. The third-order valence-electron chi connectivity index (χ3n) is 6.53. The zero-order valence-electron chi connectivity index (χ0n) is 22.2. The van der Waals surface area contributed by atoms with Gasteiger partial charge in [-0.2, -0.15) is 0 Å². The summed E-state index contributed by atoms with van der Waals surface area (Å²) in [5.41, 5.74) is 7.06. The molecule has 0 bridgehead atoms. The highest BCUT2D eigenvalue weighted by atomic mass is 16.6. The van der Waals surface area contributed by atoms with Gasteiger partial charge in [-0.1, -0.05) is 66.7 Å². The average molecular weight is 530 g/mol. The molecule has 7 heteroatoms. The van der Waals surface area contributed by atoms with E-state index in [1.165, 1.54) is 6.07 Å². The van der Waals surface area contributed by atoms with Crippen LogP contribution < -0.4 is 0 Å². The molecule has 0 N–H and O–H groups in total. The highest BCUT2D eigenvalue weighted by Crippen LogP contribution is 2.36. The molecule has 0 aliphatic heterocycles. The molecule has 198 valence electrons. The van der Waals surface area contributed by atoms with E-state index in [1.807, 2.05) is 72.8 Å². The van der Waals surface area contributed by atoms with Crippen molar-refractivity contribution in [3.8, 4) is 28.2 Å². The second kappa shape index (κ2) is 11.6. The number of esters is 1. The number of aliphatic imine (C=N–C) groups is 1. The second-order valence-corrected chi connectivity index (χ2v) is 9.15. The lowest BCUT2D eigenvalue weighted by atomic mass is 10.1. The Balaban J connectivity index is 1.71. The van der Waals surface area contributed by atoms with Gasteiger partial charge in [0, 0.05) is 29.1 Å². The molecule has 0 aliphatic carbocycles. The maximum atomic E-state index is 12.3. The molecule has 0 aliphatic rings. The molecule has 1 aromatic heterocycles. The first-order valence-electron chi connectivity index (χ1n) is 12.9. The summed E-state index contributed by atoms with van der Waals surface area (Å²) in [6, 6.07) is 34.3. The Morgan fingerprint density at radius 1 is 0.900 bits per heavy atom. The Hall–Kier alpha value is -5.30. The Kier molecular flexibility index (Phi) is 7.64. The highest BCUT2D eigenvalue weighted by molar-refractivity contribution is 5.95. The lowest BCUT2D eigenvalue weighted by molar-refractivity contribution is -0.385. The van der Waals surface area contributed by atoms with Crippen LogP contribution in [0.2, 0.25) is 0 Å². The van der Waals surface area contributed by atoms with Crippen molar-refractivity contribution in [2.45, 2.75) is 13.8 Å². The van der Waals surface area contributed by atoms with Crippen molar-refractivity contribution in [1.82, 2.24) is 4.57 Å². The number of ether oxygens (including phenoxy) is 1. The molecule has 40 heavy (non-hydrogen) atoms. The summed E-state index contributed by atoms with van der Waals surface area (Å²) in [6.07, 6.45) is 1.74. The topological polar surface area (TPSA) is 86.7 Å². The minimum absolute atomic E-state index is 0.0298. The molecule has 5 aromatic rings. The maximum Gasteiger partial charge on any atom is 0.338 e. The number of aryl methyl sites for hydroxylation is 1. The molecule has 5 rings (SSSR count). The quantitative estimate of drug-likeness (QED) is 0.0883. The van der Waals surface area contributed by atoms with Crippen LogP contribution in [0.25, 0.3) is 28.2 Å². The number of carbonyl (C=O) groups excluding carboxylic acids is 1. The molecule has 0 amide bonds. The number of benzene rings is 4. The predicted molar refractivity (Wildman–Crippen MR) is 158 cm³/mol.